The third-order valence-corrected chi connectivity index (χ3v) is 4.91. The Bertz CT molecular complexity index is 231. The third kappa shape index (κ3) is 3.31. The molecule has 0 aromatic rings. The largest absolute Gasteiger partial charge is 0.362 e. The SMILES string of the molecule is CSCCN=C1NC2CCCCC2CS1. The molecule has 0 amide bonds. The van der Waals surface area contributed by atoms with Crippen LogP contribution in [0.1, 0.15) is 25.7 Å². The molecule has 1 heterocycles. The predicted octanol–water partition coefficient (Wildman–Crippen LogP) is 2.60. The van der Waals surface area contributed by atoms with Gasteiger partial charge in [0.05, 0.1) is 6.54 Å². The predicted molar refractivity (Wildman–Crippen MR) is 72.0 cm³/mol. The Labute approximate surface area is 101 Å². The van der Waals surface area contributed by atoms with Crippen LogP contribution in [-0.2, 0) is 0 Å². The molecule has 4 heteroatoms. The normalized spacial score (nSPS) is 33.5. The Hall–Kier alpha value is 0.170. The number of amidine groups is 1. The van der Waals surface area contributed by atoms with Gasteiger partial charge in [-0.15, -0.1) is 0 Å². The molecule has 1 saturated carbocycles. The summed E-state index contributed by atoms with van der Waals surface area (Å²) in [5.41, 5.74) is 0. The summed E-state index contributed by atoms with van der Waals surface area (Å²) >= 11 is 3.80. The van der Waals surface area contributed by atoms with Gasteiger partial charge in [0.25, 0.3) is 0 Å². The molecule has 1 N–H and O–H groups in total. The number of hydrogen-bond donors (Lipinski definition) is 1. The van der Waals surface area contributed by atoms with E-state index in [0.29, 0.717) is 0 Å². The number of rotatable bonds is 3. The summed E-state index contributed by atoms with van der Waals surface area (Å²) in [5, 5.41) is 4.82. The zero-order valence-corrected chi connectivity index (χ0v) is 11.0. The van der Waals surface area contributed by atoms with Crippen LogP contribution in [0.2, 0.25) is 0 Å². The van der Waals surface area contributed by atoms with Crippen molar-refractivity contribution in [3.8, 4) is 0 Å². The lowest BCUT2D eigenvalue weighted by atomic mass is 9.86. The molecule has 15 heavy (non-hydrogen) atoms. The third-order valence-electron chi connectivity index (χ3n) is 3.20. The molecule has 0 bridgehead atoms. The fraction of sp³-hybridized carbons (Fsp3) is 0.909. The Kier molecular flexibility index (Phi) is 4.69. The summed E-state index contributed by atoms with van der Waals surface area (Å²) in [6, 6.07) is 0.730. The van der Waals surface area contributed by atoms with Gasteiger partial charge in [-0.2, -0.15) is 11.8 Å². The van der Waals surface area contributed by atoms with Gasteiger partial charge < -0.3 is 5.32 Å². The highest BCUT2D eigenvalue weighted by Crippen LogP contribution is 2.31. The van der Waals surface area contributed by atoms with Gasteiger partial charge >= 0.3 is 0 Å². The molecule has 0 spiro atoms. The van der Waals surface area contributed by atoms with Crippen LogP contribution >= 0.6 is 23.5 Å². The average Bonchev–Trinajstić information content (AvgIpc) is 2.29. The second-order valence-corrected chi connectivity index (χ2v) is 6.28. The minimum atomic E-state index is 0.730. The van der Waals surface area contributed by atoms with Crippen molar-refractivity contribution < 1.29 is 0 Å². The molecule has 2 rings (SSSR count). The molecule has 2 atom stereocenters. The lowest BCUT2D eigenvalue weighted by Crippen LogP contribution is -2.46. The second-order valence-electron chi connectivity index (χ2n) is 4.29. The Balaban J connectivity index is 1.82. The molecule has 0 aromatic heterocycles. The molecule has 2 fully saturated rings. The quantitative estimate of drug-likeness (QED) is 0.772. The molecule has 0 aromatic carbocycles. The molecule has 2 aliphatic rings. The summed E-state index contributed by atoms with van der Waals surface area (Å²) < 4.78 is 0. The van der Waals surface area contributed by atoms with E-state index >= 15 is 0 Å². The van der Waals surface area contributed by atoms with E-state index < -0.39 is 0 Å². The van der Waals surface area contributed by atoms with Gasteiger partial charge in [0.15, 0.2) is 5.17 Å². The van der Waals surface area contributed by atoms with Crippen molar-refractivity contribution in [3.05, 3.63) is 0 Å². The van der Waals surface area contributed by atoms with Crippen LogP contribution in [0.4, 0.5) is 0 Å². The van der Waals surface area contributed by atoms with Crippen molar-refractivity contribution in [1.29, 1.82) is 0 Å². The first kappa shape index (κ1) is 11.6. The minimum Gasteiger partial charge on any atom is -0.362 e. The van der Waals surface area contributed by atoms with Crippen LogP contribution in [0.15, 0.2) is 4.99 Å². The lowest BCUT2D eigenvalue weighted by molar-refractivity contribution is 0.311. The van der Waals surface area contributed by atoms with E-state index in [-0.39, 0.29) is 0 Å². The number of hydrogen-bond acceptors (Lipinski definition) is 3. The first-order chi connectivity index (χ1) is 7.40. The smallest absolute Gasteiger partial charge is 0.156 e. The molecule has 86 valence electrons. The van der Waals surface area contributed by atoms with Crippen LogP contribution in [0, 0.1) is 5.92 Å². The molecular formula is C11H20N2S2. The summed E-state index contributed by atoms with van der Waals surface area (Å²) in [6.07, 6.45) is 7.74. The van der Waals surface area contributed by atoms with Gasteiger partial charge in [0.2, 0.25) is 0 Å². The topological polar surface area (TPSA) is 24.4 Å². The fourth-order valence-corrected chi connectivity index (χ4v) is 3.78. The maximum atomic E-state index is 4.61. The van der Waals surface area contributed by atoms with E-state index in [1.165, 1.54) is 36.6 Å². The monoisotopic (exact) mass is 244 g/mol. The van der Waals surface area contributed by atoms with Crippen LogP contribution in [-0.4, -0.2) is 35.5 Å². The summed E-state index contributed by atoms with van der Waals surface area (Å²) in [4.78, 5) is 4.61. The van der Waals surface area contributed by atoms with Gasteiger partial charge in [-0.05, 0) is 25.0 Å². The van der Waals surface area contributed by atoms with Crippen molar-refractivity contribution in [2.45, 2.75) is 31.7 Å². The van der Waals surface area contributed by atoms with Gasteiger partial charge in [-0.3, -0.25) is 4.99 Å². The van der Waals surface area contributed by atoms with E-state index in [1.807, 2.05) is 23.5 Å². The number of nitrogens with one attached hydrogen (secondary N) is 1. The van der Waals surface area contributed by atoms with Gasteiger partial charge in [0.1, 0.15) is 0 Å². The highest BCUT2D eigenvalue weighted by atomic mass is 32.2. The summed E-state index contributed by atoms with van der Waals surface area (Å²) in [5.74, 6) is 3.33. The van der Waals surface area contributed by atoms with Gasteiger partial charge in [-0.1, -0.05) is 24.6 Å². The van der Waals surface area contributed by atoms with Crippen molar-refractivity contribution in [3.63, 3.8) is 0 Å². The number of aliphatic imine (C=N–C) groups is 1. The molecular weight excluding hydrogens is 224 g/mol. The summed E-state index contributed by atoms with van der Waals surface area (Å²) in [7, 11) is 0. The van der Waals surface area contributed by atoms with Crippen LogP contribution < -0.4 is 5.32 Å². The van der Waals surface area contributed by atoms with E-state index in [0.717, 1.165) is 24.3 Å². The molecule has 1 saturated heterocycles. The minimum absolute atomic E-state index is 0.730. The lowest BCUT2D eigenvalue weighted by Gasteiger charge is -2.36. The maximum Gasteiger partial charge on any atom is 0.156 e. The molecule has 2 unspecified atom stereocenters. The van der Waals surface area contributed by atoms with Crippen molar-refractivity contribution in [1.82, 2.24) is 5.32 Å². The summed E-state index contributed by atoms with van der Waals surface area (Å²) in [6.45, 7) is 0.966. The van der Waals surface area contributed by atoms with Gasteiger partial charge in [0, 0.05) is 17.5 Å². The van der Waals surface area contributed by atoms with Gasteiger partial charge in [-0.25, -0.2) is 0 Å². The average molecular weight is 244 g/mol. The van der Waals surface area contributed by atoms with E-state index in [1.54, 1.807) is 0 Å². The number of thioether (sulfide) groups is 2. The first-order valence-electron chi connectivity index (χ1n) is 5.83. The van der Waals surface area contributed by atoms with E-state index in [4.69, 9.17) is 0 Å². The number of nitrogens with zero attached hydrogens (tertiary/aromatic N) is 1. The van der Waals surface area contributed by atoms with Crippen molar-refractivity contribution in [2.75, 3.05) is 24.3 Å². The van der Waals surface area contributed by atoms with Crippen molar-refractivity contribution >= 4 is 28.7 Å². The van der Waals surface area contributed by atoms with Crippen LogP contribution in [0.25, 0.3) is 0 Å². The second kappa shape index (κ2) is 6.04. The fourth-order valence-electron chi connectivity index (χ4n) is 2.31. The molecule has 0 radical (unpaired) electrons. The zero-order chi connectivity index (χ0) is 10.5. The van der Waals surface area contributed by atoms with E-state index in [9.17, 15) is 0 Å². The van der Waals surface area contributed by atoms with Crippen LogP contribution in [0.5, 0.6) is 0 Å². The van der Waals surface area contributed by atoms with Crippen LogP contribution in [0.3, 0.4) is 0 Å². The van der Waals surface area contributed by atoms with Crippen molar-refractivity contribution in [2.24, 2.45) is 10.9 Å². The van der Waals surface area contributed by atoms with E-state index in [2.05, 4.69) is 16.6 Å². The molecule has 1 aliphatic carbocycles. The molecule has 1 aliphatic heterocycles. The number of fused-ring (bicyclic) bond motifs is 1. The Morgan fingerprint density at radius 3 is 3.20 bits per heavy atom. The first-order valence-corrected chi connectivity index (χ1v) is 8.21. The standard InChI is InChI=1S/C11H20N2S2/c1-14-7-6-12-11-13-10-5-3-2-4-9(10)8-15-11/h9-10H,2-8H2,1H3,(H,12,13). The highest BCUT2D eigenvalue weighted by molar-refractivity contribution is 8.13. The Morgan fingerprint density at radius 1 is 1.47 bits per heavy atom. The molecule has 2 nitrogen and oxygen atoms in total. The zero-order valence-electron chi connectivity index (χ0n) is 9.37. The highest BCUT2D eigenvalue weighted by Gasteiger charge is 2.29. The Morgan fingerprint density at radius 2 is 2.33 bits per heavy atom. The maximum absolute atomic E-state index is 4.61.